The average molecular weight is 273 g/mol. The van der Waals surface area contributed by atoms with Gasteiger partial charge in [0.2, 0.25) is 0 Å². The Morgan fingerprint density at radius 1 is 1.05 bits per heavy atom. The van der Waals surface area contributed by atoms with Gasteiger partial charge in [0.15, 0.2) is 0 Å². The highest BCUT2D eigenvalue weighted by atomic mass is 35.5. The maximum Gasteiger partial charge on any atom is 0.0748 e. The van der Waals surface area contributed by atoms with Gasteiger partial charge in [0.1, 0.15) is 0 Å². The van der Waals surface area contributed by atoms with Gasteiger partial charge in [-0.2, -0.15) is 5.10 Å². The normalized spacial score (nSPS) is 11.4. The van der Waals surface area contributed by atoms with Crippen molar-refractivity contribution in [3.63, 3.8) is 0 Å². The van der Waals surface area contributed by atoms with Crippen LogP contribution in [0.2, 0.25) is 5.02 Å². The molecule has 3 heteroatoms. The number of nitrogens with zero attached hydrogens (tertiary/aromatic N) is 1. The van der Waals surface area contributed by atoms with E-state index in [1.165, 1.54) is 0 Å². The van der Waals surface area contributed by atoms with Gasteiger partial charge in [0, 0.05) is 0 Å². The van der Waals surface area contributed by atoms with E-state index >= 15 is 0 Å². The van der Waals surface area contributed by atoms with Crippen molar-refractivity contribution in [2.75, 3.05) is 5.43 Å². The van der Waals surface area contributed by atoms with E-state index in [1.807, 2.05) is 42.5 Å². The second kappa shape index (κ2) is 6.95. The van der Waals surface area contributed by atoms with Crippen LogP contribution >= 0.6 is 11.6 Å². The summed E-state index contributed by atoms with van der Waals surface area (Å²) in [7, 11) is 0. The molecule has 0 atom stereocenters. The molecule has 0 amide bonds. The SMILES string of the molecule is CCC/C(=N/Nc1ccccc1Cl)c1ccccc1. The lowest BCUT2D eigenvalue weighted by Gasteiger charge is -2.08. The van der Waals surface area contributed by atoms with Crippen LogP contribution in [0.3, 0.4) is 0 Å². The highest BCUT2D eigenvalue weighted by Gasteiger charge is 2.03. The molecule has 0 unspecified atom stereocenters. The smallest absolute Gasteiger partial charge is 0.0748 e. The molecule has 2 rings (SSSR count). The number of benzene rings is 2. The van der Waals surface area contributed by atoms with E-state index < -0.39 is 0 Å². The molecule has 0 radical (unpaired) electrons. The third-order valence-corrected chi connectivity index (χ3v) is 3.11. The number of halogens is 1. The molecule has 2 aromatic rings. The lowest BCUT2D eigenvalue weighted by Crippen LogP contribution is -2.04. The summed E-state index contributed by atoms with van der Waals surface area (Å²) in [5.41, 5.74) is 6.07. The third-order valence-electron chi connectivity index (χ3n) is 2.78. The molecule has 0 saturated carbocycles. The van der Waals surface area contributed by atoms with Gasteiger partial charge in [0.05, 0.1) is 16.4 Å². The van der Waals surface area contributed by atoms with E-state index in [0.29, 0.717) is 5.02 Å². The highest BCUT2D eigenvalue weighted by molar-refractivity contribution is 6.33. The number of nitrogens with one attached hydrogen (secondary N) is 1. The molecule has 2 nitrogen and oxygen atoms in total. The van der Waals surface area contributed by atoms with E-state index in [1.54, 1.807) is 0 Å². The molecular formula is C16H17ClN2. The molecule has 0 spiro atoms. The quantitative estimate of drug-likeness (QED) is 0.604. The largest absolute Gasteiger partial charge is 0.277 e. The molecule has 19 heavy (non-hydrogen) atoms. The maximum absolute atomic E-state index is 6.10. The standard InChI is InChI=1S/C16H17ClN2/c1-2-8-15(13-9-4-3-5-10-13)18-19-16-12-7-6-11-14(16)17/h3-7,9-12,19H,2,8H2,1H3/b18-15-. The van der Waals surface area contributed by atoms with Crippen molar-refractivity contribution < 1.29 is 0 Å². The Balaban J connectivity index is 2.20. The summed E-state index contributed by atoms with van der Waals surface area (Å²) >= 11 is 6.10. The molecule has 0 aliphatic carbocycles. The van der Waals surface area contributed by atoms with Crippen molar-refractivity contribution in [1.82, 2.24) is 0 Å². The Hall–Kier alpha value is -1.80. The average Bonchev–Trinajstić information content (AvgIpc) is 2.46. The predicted molar refractivity (Wildman–Crippen MR) is 83.0 cm³/mol. The molecule has 2 aromatic carbocycles. The molecule has 0 saturated heterocycles. The summed E-state index contributed by atoms with van der Waals surface area (Å²) in [4.78, 5) is 0. The van der Waals surface area contributed by atoms with E-state index in [-0.39, 0.29) is 0 Å². The number of hydrazone groups is 1. The Morgan fingerprint density at radius 2 is 1.74 bits per heavy atom. The second-order valence-corrected chi connectivity index (χ2v) is 4.67. The van der Waals surface area contributed by atoms with Crippen LogP contribution in [0, 0.1) is 0 Å². The van der Waals surface area contributed by atoms with Gasteiger partial charge < -0.3 is 0 Å². The molecule has 0 aliphatic heterocycles. The van der Waals surface area contributed by atoms with Gasteiger partial charge in [-0.3, -0.25) is 5.43 Å². The number of hydrogen-bond donors (Lipinski definition) is 1. The Kier molecular flexibility index (Phi) is 4.99. The van der Waals surface area contributed by atoms with Crippen LogP contribution in [0.15, 0.2) is 59.7 Å². The number of hydrogen-bond acceptors (Lipinski definition) is 2. The Labute approximate surface area is 119 Å². The minimum Gasteiger partial charge on any atom is -0.277 e. The highest BCUT2D eigenvalue weighted by Crippen LogP contribution is 2.20. The lowest BCUT2D eigenvalue weighted by atomic mass is 10.1. The monoisotopic (exact) mass is 272 g/mol. The zero-order chi connectivity index (χ0) is 13.5. The number of para-hydroxylation sites is 1. The zero-order valence-corrected chi connectivity index (χ0v) is 11.7. The van der Waals surface area contributed by atoms with Crippen molar-refractivity contribution in [1.29, 1.82) is 0 Å². The van der Waals surface area contributed by atoms with Crippen molar-refractivity contribution in [3.05, 3.63) is 65.2 Å². The summed E-state index contributed by atoms with van der Waals surface area (Å²) in [6, 6.07) is 17.8. The van der Waals surface area contributed by atoms with Crippen molar-refractivity contribution in [2.24, 2.45) is 5.10 Å². The topological polar surface area (TPSA) is 24.4 Å². The molecule has 1 N–H and O–H groups in total. The van der Waals surface area contributed by atoms with Crippen molar-refractivity contribution >= 4 is 23.0 Å². The predicted octanol–water partition coefficient (Wildman–Crippen LogP) is 4.96. The van der Waals surface area contributed by atoms with E-state index in [0.717, 1.165) is 29.8 Å². The van der Waals surface area contributed by atoms with Gasteiger partial charge in [-0.05, 0) is 24.1 Å². The third kappa shape index (κ3) is 3.83. The van der Waals surface area contributed by atoms with Crippen molar-refractivity contribution in [2.45, 2.75) is 19.8 Å². The minimum atomic E-state index is 0.676. The van der Waals surface area contributed by atoms with Crippen LogP contribution in [-0.4, -0.2) is 5.71 Å². The summed E-state index contributed by atoms with van der Waals surface area (Å²) in [6.45, 7) is 2.15. The Morgan fingerprint density at radius 3 is 2.42 bits per heavy atom. The molecule has 0 aromatic heterocycles. The van der Waals surface area contributed by atoms with Crippen LogP contribution in [0.1, 0.15) is 25.3 Å². The first-order chi connectivity index (χ1) is 9.31. The van der Waals surface area contributed by atoms with Crippen LogP contribution in [0.25, 0.3) is 0 Å². The first-order valence-electron chi connectivity index (χ1n) is 6.43. The second-order valence-electron chi connectivity index (χ2n) is 4.27. The number of rotatable bonds is 5. The molecule has 0 fully saturated rings. The summed E-state index contributed by atoms with van der Waals surface area (Å²) < 4.78 is 0. The van der Waals surface area contributed by atoms with Crippen LogP contribution in [0.4, 0.5) is 5.69 Å². The minimum absolute atomic E-state index is 0.676. The van der Waals surface area contributed by atoms with Crippen LogP contribution in [0.5, 0.6) is 0 Å². The van der Waals surface area contributed by atoms with Gasteiger partial charge >= 0.3 is 0 Å². The fourth-order valence-corrected chi connectivity index (χ4v) is 1.99. The Bertz CT molecular complexity index is 550. The molecule has 98 valence electrons. The van der Waals surface area contributed by atoms with Gasteiger partial charge in [-0.25, -0.2) is 0 Å². The summed E-state index contributed by atoms with van der Waals surface area (Å²) in [5.74, 6) is 0. The molecule has 0 bridgehead atoms. The molecular weight excluding hydrogens is 256 g/mol. The lowest BCUT2D eigenvalue weighted by molar-refractivity contribution is 0.988. The van der Waals surface area contributed by atoms with Crippen LogP contribution in [-0.2, 0) is 0 Å². The van der Waals surface area contributed by atoms with Crippen LogP contribution < -0.4 is 5.43 Å². The summed E-state index contributed by atoms with van der Waals surface area (Å²) in [5, 5.41) is 5.17. The first kappa shape index (κ1) is 13.6. The molecule has 0 heterocycles. The van der Waals surface area contributed by atoms with E-state index in [4.69, 9.17) is 11.6 Å². The number of anilines is 1. The van der Waals surface area contributed by atoms with E-state index in [2.05, 4.69) is 29.6 Å². The first-order valence-corrected chi connectivity index (χ1v) is 6.81. The summed E-state index contributed by atoms with van der Waals surface area (Å²) in [6.07, 6.45) is 1.99. The molecule has 0 aliphatic rings. The van der Waals surface area contributed by atoms with Crippen molar-refractivity contribution in [3.8, 4) is 0 Å². The van der Waals surface area contributed by atoms with Gasteiger partial charge in [-0.1, -0.05) is 67.4 Å². The van der Waals surface area contributed by atoms with Gasteiger partial charge in [0.25, 0.3) is 0 Å². The van der Waals surface area contributed by atoms with E-state index in [9.17, 15) is 0 Å². The van der Waals surface area contributed by atoms with Gasteiger partial charge in [-0.15, -0.1) is 0 Å². The fourth-order valence-electron chi connectivity index (χ4n) is 1.81. The maximum atomic E-state index is 6.10. The fraction of sp³-hybridized carbons (Fsp3) is 0.188. The zero-order valence-electron chi connectivity index (χ0n) is 10.9.